The first-order valence-corrected chi connectivity index (χ1v) is 3.61. The van der Waals surface area contributed by atoms with Crippen LogP contribution < -0.4 is 0 Å². The van der Waals surface area contributed by atoms with E-state index in [1.165, 1.54) is 0 Å². The van der Waals surface area contributed by atoms with Crippen LogP contribution in [0.25, 0.3) is 17.0 Å². The van der Waals surface area contributed by atoms with Crippen LogP contribution in [0.1, 0.15) is 5.56 Å². The number of nitrogens with zero attached hydrogens (tertiary/aromatic N) is 3. The lowest BCUT2D eigenvalue weighted by Gasteiger charge is -1.95. The molecule has 1 aromatic heterocycles. The summed E-state index contributed by atoms with van der Waals surface area (Å²) in [6, 6.07) is 5.83. The van der Waals surface area contributed by atoms with Gasteiger partial charge in [0, 0.05) is 5.39 Å². The van der Waals surface area contributed by atoms with Crippen LogP contribution in [0.15, 0.2) is 31.0 Å². The maximum absolute atomic E-state index is 3.86. The minimum absolute atomic E-state index is 0.857. The molecule has 2 aromatic rings. The Balaban J connectivity index is 2.75. The van der Waals surface area contributed by atoms with E-state index in [1.807, 2.05) is 18.2 Å². The molecule has 1 aromatic carbocycles. The van der Waals surface area contributed by atoms with Crippen molar-refractivity contribution < 1.29 is 0 Å². The van der Waals surface area contributed by atoms with Crippen molar-refractivity contribution in [2.45, 2.75) is 0 Å². The van der Waals surface area contributed by atoms with Gasteiger partial charge in [-0.2, -0.15) is 0 Å². The minimum atomic E-state index is 0.857. The van der Waals surface area contributed by atoms with Gasteiger partial charge in [-0.25, -0.2) is 0 Å². The summed E-state index contributed by atoms with van der Waals surface area (Å²) in [5, 5.41) is 12.1. The molecular weight excluding hydrogens is 150 g/mol. The Morgan fingerprint density at radius 2 is 2.25 bits per heavy atom. The predicted octanol–water partition coefficient (Wildman–Crippen LogP) is 1.67. The zero-order chi connectivity index (χ0) is 8.39. The summed E-state index contributed by atoms with van der Waals surface area (Å²) in [6.45, 7) is 3.68. The molecule has 3 nitrogen and oxygen atoms in total. The van der Waals surface area contributed by atoms with Crippen LogP contribution in [0, 0.1) is 0 Å². The van der Waals surface area contributed by atoms with Gasteiger partial charge < -0.3 is 0 Å². The number of benzene rings is 1. The Morgan fingerprint density at radius 3 is 3.08 bits per heavy atom. The Labute approximate surface area is 69.7 Å². The lowest BCUT2D eigenvalue weighted by Crippen LogP contribution is -1.86. The lowest BCUT2D eigenvalue weighted by molar-refractivity contribution is 0.895. The summed E-state index contributed by atoms with van der Waals surface area (Å²) in [5.41, 5.74) is 1.92. The van der Waals surface area contributed by atoms with Gasteiger partial charge in [-0.15, -0.1) is 10.2 Å². The van der Waals surface area contributed by atoms with Crippen molar-refractivity contribution in [3.05, 3.63) is 36.5 Å². The van der Waals surface area contributed by atoms with Crippen molar-refractivity contribution >= 4 is 17.0 Å². The standard InChI is InChI=1S/C9H7N3/c1-2-7-3-4-9-8(5-7)6-10-12-11-9/h2-6H,1H2. The molecule has 0 saturated carbocycles. The van der Waals surface area contributed by atoms with Crippen LogP contribution >= 0.6 is 0 Å². The fourth-order valence-corrected chi connectivity index (χ4v) is 1.06. The third kappa shape index (κ3) is 1.05. The third-order valence-electron chi connectivity index (χ3n) is 1.69. The van der Waals surface area contributed by atoms with E-state index in [9.17, 15) is 0 Å². The average Bonchev–Trinajstić information content (AvgIpc) is 2.17. The highest BCUT2D eigenvalue weighted by Crippen LogP contribution is 2.11. The Kier molecular flexibility index (Phi) is 1.55. The molecule has 58 valence electrons. The second-order valence-electron chi connectivity index (χ2n) is 2.46. The van der Waals surface area contributed by atoms with Crippen LogP contribution in [0.3, 0.4) is 0 Å². The van der Waals surface area contributed by atoms with Crippen molar-refractivity contribution in [1.29, 1.82) is 0 Å². The summed E-state index contributed by atoms with van der Waals surface area (Å²) >= 11 is 0. The molecular formula is C9H7N3. The molecule has 0 saturated heterocycles. The first-order chi connectivity index (χ1) is 5.90. The van der Waals surface area contributed by atoms with Gasteiger partial charge in [0.2, 0.25) is 0 Å². The molecule has 2 rings (SSSR count). The largest absolute Gasteiger partial charge is 0.138 e. The fourth-order valence-electron chi connectivity index (χ4n) is 1.06. The molecule has 1 heterocycles. The van der Waals surface area contributed by atoms with E-state index in [-0.39, 0.29) is 0 Å². The Morgan fingerprint density at radius 1 is 1.33 bits per heavy atom. The third-order valence-corrected chi connectivity index (χ3v) is 1.69. The molecule has 0 bridgehead atoms. The van der Waals surface area contributed by atoms with Crippen LogP contribution in [0.4, 0.5) is 0 Å². The zero-order valence-corrected chi connectivity index (χ0v) is 6.44. The van der Waals surface area contributed by atoms with E-state index in [0.717, 1.165) is 16.5 Å². The molecule has 0 fully saturated rings. The molecule has 0 unspecified atom stereocenters. The second-order valence-corrected chi connectivity index (χ2v) is 2.46. The predicted molar refractivity (Wildman–Crippen MR) is 47.4 cm³/mol. The van der Waals surface area contributed by atoms with E-state index in [1.54, 1.807) is 12.3 Å². The summed E-state index contributed by atoms with van der Waals surface area (Å²) < 4.78 is 0. The molecule has 0 spiro atoms. The first kappa shape index (κ1) is 6.91. The minimum Gasteiger partial charge on any atom is -0.138 e. The Hall–Kier alpha value is -1.77. The molecule has 0 amide bonds. The highest BCUT2D eigenvalue weighted by molar-refractivity contribution is 5.79. The molecule has 0 atom stereocenters. The number of fused-ring (bicyclic) bond motifs is 1. The average molecular weight is 157 g/mol. The highest BCUT2D eigenvalue weighted by atomic mass is 15.3. The van der Waals surface area contributed by atoms with Gasteiger partial charge in [0.15, 0.2) is 0 Å². The van der Waals surface area contributed by atoms with Crippen molar-refractivity contribution in [3.63, 3.8) is 0 Å². The van der Waals surface area contributed by atoms with Gasteiger partial charge in [0.05, 0.1) is 11.7 Å². The maximum atomic E-state index is 3.86. The van der Waals surface area contributed by atoms with Gasteiger partial charge in [-0.05, 0) is 22.9 Å². The number of hydrogen-bond acceptors (Lipinski definition) is 3. The molecule has 0 N–H and O–H groups in total. The van der Waals surface area contributed by atoms with Gasteiger partial charge in [0.1, 0.15) is 0 Å². The second kappa shape index (κ2) is 2.70. The van der Waals surface area contributed by atoms with Crippen molar-refractivity contribution in [1.82, 2.24) is 15.4 Å². The number of aromatic nitrogens is 3. The van der Waals surface area contributed by atoms with Crippen molar-refractivity contribution in [3.8, 4) is 0 Å². The van der Waals surface area contributed by atoms with Gasteiger partial charge in [-0.1, -0.05) is 18.7 Å². The smallest absolute Gasteiger partial charge is 0.0963 e. The van der Waals surface area contributed by atoms with E-state index in [2.05, 4.69) is 22.0 Å². The molecule has 0 aliphatic heterocycles. The SMILES string of the molecule is C=Cc1ccc2nnncc2c1. The highest BCUT2D eigenvalue weighted by Gasteiger charge is 1.94. The van der Waals surface area contributed by atoms with Crippen LogP contribution in [-0.2, 0) is 0 Å². The fraction of sp³-hybridized carbons (Fsp3) is 0. The van der Waals surface area contributed by atoms with Crippen LogP contribution in [0.2, 0.25) is 0 Å². The van der Waals surface area contributed by atoms with Crippen molar-refractivity contribution in [2.24, 2.45) is 0 Å². The summed E-state index contributed by atoms with van der Waals surface area (Å²) in [5.74, 6) is 0. The molecule has 0 radical (unpaired) electrons. The topological polar surface area (TPSA) is 38.7 Å². The van der Waals surface area contributed by atoms with Crippen molar-refractivity contribution in [2.75, 3.05) is 0 Å². The normalized spacial score (nSPS) is 10.0. The molecule has 0 aliphatic rings. The summed E-state index contributed by atoms with van der Waals surface area (Å²) in [6.07, 6.45) is 3.48. The van der Waals surface area contributed by atoms with E-state index >= 15 is 0 Å². The Bertz CT molecular complexity index is 423. The number of hydrogen-bond donors (Lipinski definition) is 0. The molecule has 3 heteroatoms. The summed E-state index contributed by atoms with van der Waals surface area (Å²) in [4.78, 5) is 0. The molecule has 0 aliphatic carbocycles. The maximum Gasteiger partial charge on any atom is 0.0963 e. The van der Waals surface area contributed by atoms with E-state index < -0.39 is 0 Å². The van der Waals surface area contributed by atoms with Crippen LogP contribution in [0.5, 0.6) is 0 Å². The van der Waals surface area contributed by atoms with Gasteiger partial charge in [-0.3, -0.25) is 0 Å². The summed E-state index contributed by atoms with van der Waals surface area (Å²) in [7, 11) is 0. The monoisotopic (exact) mass is 157 g/mol. The lowest BCUT2D eigenvalue weighted by atomic mass is 10.1. The van der Waals surface area contributed by atoms with Gasteiger partial charge >= 0.3 is 0 Å². The zero-order valence-electron chi connectivity index (χ0n) is 6.44. The first-order valence-electron chi connectivity index (χ1n) is 3.61. The molecule has 12 heavy (non-hydrogen) atoms. The number of rotatable bonds is 1. The quantitative estimate of drug-likeness (QED) is 0.632. The van der Waals surface area contributed by atoms with Gasteiger partial charge in [0.25, 0.3) is 0 Å². The van der Waals surface area contributed by atoms with Crippen LogP contribution in [-0.4, -0.2) is 15.4 Å². The van der Waals surface area contributed by atoms with E-state index in [0.29, 0.717) is 0 Å². The van der Waals surface area contributed by atoms with E-state index in [4.69, 9.17) is 0 Å².